The molecule has 1 amide bonds. The van der Waals surface area contributed by atoms with Crippen LogP contribution in [0.25, 0.3) is 0 Å². The van der Waals surface area contributed by atoms with Crippen LogP contribution in [0.15, 0.2) is 0 Å². The molecule has 3 atom stereocenters. The molecule has 0 rings (SSSR count). The van der Waals surface area contributed by atoms with Crippen molar-refractivity contribution < 1.29 is 4.79 Å². The molecular weight excluding hydrogens is 190 g/mol. The normalized spacial score (nSPS) is 16.2. The average molecular weight is 211 g/mol. The Kier molecular flexibility index (Phi) is 6.72. The molecule has 4 heteroatoms. The number of rotatable bonds is 6. The maximum Gasteiger partial charge on any atom is 0.237 e. The SMILES string of the molecule is CCC(CC#N)NC(=O)[C@@H](N)C(C)CC. The van der Waals surface area contributed by atoms with Crippen molar-refractivity contribution >= 4 is 5.91 Å². The van der Waals surface area contributed by atoms with Gasteiger partial charge in [0, 0.05) is 6.04 Å². The Morgan fingerprint density at radius 2 is 2.07 bits per heavy atom. The monoisotopic (exact) mass is 211 g/mol. The highest BCUT2D eigenvalue weighted by atomic mass is 16.2. The lowest BCUT2D eigenvalue weighted by molar-refractivity contribution is -0.124. The summed E-state index contributed by atoms with van der Waals surface area (Å²) < 4.78 is 0. The van der Waals surface area contributed by atoms with Crippen LogP contribution in [0.4, 0.5) is 0 Å². The summed E-state index contributed by atoms with van der Waals surface area (Å²) in [6.07, 6.45) is 1.98. The number of nitrogens with two attached hydrogens (primary N) is 1. The summed E-state index contributed by atoms with van der Waals surface area (Å²) in [4.78, 5) is 11.6. The maximum atomic E-state index is 11.6. The van der Waals surface area contributed by atoms with E-state index < -0.39 is 6.04 Å². The molecule has 0 heterocycles. The fraction of sp³-hybridized carbons (Fsp3) is 0.818. The second kappa shape index (κ2) is 7.24. The molecule has 0 saturated carbocycles. The molecule has 0 fully saturated rings. The van der Waals surface area contributed by atoms with E-state index in [2.05, 4.69) is 11.4 Å². The zero-order valence-corrected chi connectivity index (χ0v) is 9.79. The lowest BCUT2D eigenvalue weighted by Gasteiger charge is -2.21. The summed E-state index contributed by atoms with van der Waals surface area (Å²) in [5.41, 5.74) is 5.78. The first-order valence-electron chi connectivity index (χ1n) is 5.49. The Morgan fingerprint density at radius 1 is 1.47 bits per heavy atom. The highest BCUT2D eigenvalue weighted by Crippen LogP contribution is 2.06. The molecule has 0 radical (unpaired) electrons. The van der Waals surface area contributed by atoms with E-state index in [1.807, 2.05) is 20.8 Å². The quantitative estimate of drug-likeness (QED) is 0.692. The van der Waals surface area contributed by atoms with Crippen molar-refractivity contribution in [3.05, 3.63) is 0 Å². The zero-order chi connectivity index (χ0) is 11.8. The van der Waals surface area contributed by atoms with Crippen molar-refractivity contribution in [1.82, 2.24) is 5.32 Å². The van der Waals surface area contributed by atoms with Crippen LogP contribution in [-0.4, -0.2) is 18.0 Å². The highest BCUT2D eigenvalue weighted by Gasteiger charge is 2.21. The third-order valence-corrected chi connectivity index (χ3v) is 2.74. The molecule has 0 spiro atoms. The minimum atomic E-state index is -0.470. The number of carbonyl (C=O) groups excluding carboxylic acids is 1. The van der Waals surface area contributed by atoms with Gasteiger partial charge < -0.3 is 11.1 Å². The van der Waals surface area contributed by atoms with Gasteiger partial charge in [0.15, 0.2) is 0 Å². The van der Waals surface area contributed by atoms with Gasteiger partial charge in [-0.15, -0.1) is 0 Å². The number of hydrogen-bond donors (Lipinski definition) is 2. The van der Waals surface area contributed by atoms with Crippen LogP contribution in [0.3, 0.4) is 0 Å². The number of nitriles is 1. The summed E-state index contributed by atoms with van der Waals surface area (Å²) in [5.74, 6) is 0.0241. The maximum absolute atomic E-state index is 11.6. The van der Waals surface area contributed by atoms with Crippen LogP contribution in [0.5, 0.6) is 0 Å². The lowest BCUT2D eigenvalue weighted by atomic mass is 9.99. The molecule has 0 aliphatic heterocycles. The number of nitrogens with one attached hydrogen (secondary N) is 1. The van der Waals surface area contributed by atoms with E-state index in [9.17, 15) is 4.79 Å². The molecule has 0 aromatic carbocycles. The molecule has 0 saturated heterocycles. The van der Waals surface area contributed by atoms with E-state index in [1.54, 1.807) is 0 Å². The number of amides is 1. The second-order valence-corrected chi connectivity index (χ2v) is 3.89. The van der Waals surface area contributed by atoms with Gasteiger partial charge >= 0.3 is 0 Å². The Bertz CT molecular complexity index is 234. The number of carbonyl (C=O) groups is 1. The summed E-state index contributed by atoms with van der Waals surface area (Å²) in [5, 5.41) is 11.3. The van der Waals surface area contributed by atoms with Gasteiger partial charge in [-0.2, -0.15) is 5.26 Å². The predicted molar refractivity (Wildman–Crippen MR) is 59.9 cm³/mol. The molecular formula is C11H21N3O. The van der Waals surface area contributed by atoms with Gasteiger partial charge in [-0.3, -0.25) is 4.79 Å². The molecule has 86 valence electrons. The highest BCUT2D eigenvalue weighted by molar-refractivity contribution is 5.82. The van der Waals surface area contributed by atoms with E-state index in [0.29, 0.717) is 6.42 Å². The molecule has 0 aliphatic carbocycles. The standard InChI is InChI=1S/C11H21N3O/c1-4-8(3)10(13)11(15)14-9(5-2)6-7-12/h8-10H,4-6,13H2,1-3H3,(H,14,15)/t8?,9?,10-/m0/s1. The summed E-state index contributed by atoms with van der Waals surface area (Å²) >= 11 is 0. The van der Waals surface area contributed by atoms with Crippen molar-refractivity contribution in [2.45, 2.75) is 52.1 Å². The van der Waals surface area contributed by atoms with Gasteiger partial charge in [0.2, 0.25) is 5.91 Å². The van der Waals surface area contributed by atoms with E-state index in [1.165, 1.54) is 0 Å². The topological polar surface area (TPSA) is 78.9 Å². The smallest absolute Gasteiger partial charge is 0.237 e. The number of hydrogen-bond acceptors (Lipinski definition) is 3. The van der Waals surface area contributed by atoms with Crippen molar-refractivity contribution in [3.63, 3.8) is 0 Å². The van der Waals surface area contributed by atoms with Crippen LogP contribution >= 0.6 is 0 Å². The average Bonchev–Trinajstić information content (AvgIpc) is 2.26. The summed E-state index contributed by atoms with van der Waals surface area (Å²) in [6.45, 7) is 5.90. The predicted octanol–water partition coefficient (Wildman–Crippen LogP) is 1.17. The van der Waals surface area contributed by atoms with E-state index in [4.69, 9.17) is 11.0 Å². The fourth-order valence-corrected chi connectivity index (χ4v) is 1.22. The van der Waals surface area contributed by atoms with Crippen LogP contribution in [0.2, 0.25) is 0 Å². The van der Waals surface area contributed by atoms with Gasteiger partial charge in [0.1, 0.15) is 0 Å². The largest absolute Gasteiger partial charge is 0.351 e. The van der Waals surface area contributed by atoms with Crippen molar-refractivity contribution in [2.75, 3.05) is 0 Å². The molecule has 0 aromatic heterocycles. The van der Waals surface area contributed by atoms with E-state index in [0.717, 1.165) is 12.8 Å². The third-order valence-electron chi connectivity index (χ3n) is 2.74. The molecule has 0 bridgehead atoms. The van der Waals surface area contributed by atoms with E-state index in [-0.39, 0.29) is 17.9 Å². The van der Waals surface area contributed by atoms with Crippen molar-refractivity contribution in [3.8, 4) is 6.07 Å². The first kappa shape index (κ1) is 13.9. The fourth-order valence-electron chi connectivity index (χ4n) is 1.22. The van der Waals surface area contributed by atoms with Crippen molar-refractivity contribution in [2.24, 2.45) is 11.7 Å². The molecule has 4 nitrogen and oxygen atoms in total. The minimum Gasteiger partial charge on any atom is -0.351 e. The Hall–Kier alpha value is -1.08. The minimum absolute atomic E-state index is 0.0717. The molecule has 2 unspecified atom stereocenters. The number of nitrogens with zero attached hydrogens (tertiary/aromatic N) is 1. The van der Waals surface area contributed by atoms with Crippen molar-refractivity contribution in [1.29, 1.82) is 5.26 Å². The second-order valence-electron chi connectivity index (χ2n) is 3.89. The van der Waals surface area contributed by atoms with E-state index >= 15 is 0 Å². The Balaban J connectivity index is 4.16. The third kappa shape index (κ3) is 4.80. The Labute approximate surface area is 91.8 Å². The molecule has 0 aliphatic rings. The molecule has 3 N–H and O–H groups in total. The van der Waals surface area contributed by atoms with Gasteiger partial charge in [0.25, 0.3) is 0 Å². The van der Waals surface area contributed by atoms with Gasteiger partial charge in [0.05, 0.1) is 18.5 Å². The van der Waals surface area contributed by atoms with Gasteiger partial charge in [-0.25, -0.2) is 0 Å². The van der Waals surface area contributed by atoms with Crippen LogP contribution < -0.4 is 11.1 Å². The van der Waals surface area contributed by atoms with Gasteiger partial charge in [-0.1, -0.05) is 27.2 Å². The van der Waals surface area contributed by atoms with Crippen LogP contribution in [0, 0.1) is 17.2 Å². The lowest BCUT2D eigenvalue weighted by Crippen LogP contribution is -2.48. The van der Waals surface area contributed by atoms with Gasteiger partial charge in [-0.05, 0) is 12.3 Å². The van der Waals surface area contributed by atoms with Crippen LogP contribution in [-0.2, 0) is 4.79 Å². The van der Waals surface area contributed by atoms with Crippen LogP contribution in [0.1, 0.15) is 40.0 Å². The zero-order valence-electron chi connectivity index (χ0n) is 9.79. The summed E-state index contributed by atoms with van der Waals surface area (Å²) in [6, 6.07) is 1.51. The summed E-state index contributed by atoms with van der Waals surface area (Å²) in [7, 11) is 0. The first-order chi connectivity index (χ1) is 7.06. The Morgan fingerprint density at radius 3 is 2.47 bits per heavy atom. The first-order valence-corrected chi connectivity index (χ1v) is 5.49. The molecule has 15 heavy (non-hydrogen) atoms. The molecule has 0 aromatic rings.